The van der Waals surface area contributed by atoms with E-state index in [9.17, 15) is 9.59 Å². The third-order valence-electron chi connectivity index (χ3n) is 1.98. The average Bonchev–Trinajstić information content (AvgIpc) is 2.25. The maximum atomic E-state index is 11.7. The Labute approximate surface area is 103 Å². The summed E-state index contributed by atoms with van der Waals surface area (Å²) >= 11 is 6.82. The maximum Gasteiger partial charge on any atom is 0.307 e. The molecule has 0 aliphatic carbocycles. The minimum absolute atomic E-state index is 0.196. The molecular weight excluding hydrogens is 248 g/mol. The Morgan fingerprint density at radius 3 is 2.62 bits per heavy atom. The molecule has 0 amide bonds. The van der Waals surface area contributed by atoms with Gasteiger partial charge >= 0.3 is 5.97 Å². The molecule has 86 valence electrons. The van der Waals surface area contributed by atoms with Crippen molar-refractivity contribution in [3.05, 3.63) is 34.9 Å². The first kappa shape index (κ1) is 13.1. The first-order valence-corrected chi connectivity index (χ1v) is 6.03. The van der Waals surface area contributed by atoms with Crippen molar-refractivity contribution in [3.63, 3.8) is 0 Å². The molecule has 1 N–H and O–H groups in total. The minimum atomic E-state index is -0.903. The number of carbonyl (C=O) groups is 2. The number of hydrogen-bond acceptors (Lipinski definition) is 3. The van der Waals surface area contributed by atoms with Crippen molar-refractivity contribution in [2.45, 2.75) is 6.92 Å². The normalized spacial score (nSPS) is 12.1. The highest BCUT2D eigenvalue weighted by atomic mass is 35.5. The van der Waals surface area contributed by atoms with Crippen LogP contribution in [0.5, 0.6) is 0 Å². The summed E-state index contributed by atoms with van der Waals surface area (Å²) in [6.45, 7) is 1.56. The van der Waals surface area contributed by atoms with Crippen LogP contribution in [-0.2, 0) is 4.79 Å². The van der Waals surface area contributed by atoms with E-state index in [0.29, 0.717) is 10.6 Å². The number of rotatable bonds is 4. The molecule has 1 atom stereocenters. The van der Waals surface area contributed by atoms with Crippen molar-refractivity contribution >= 4 is 34.4 Å². The molecule has 3 nitrogen and oxygen atoms in total. The quantitative estimate of drug-likeness (QED) is 0.902. The van der Waals surface area contributed by atoms with Crippen molar-refractivity contribution in [1.82, 2.24) is 0 Å². The third kappa shape index (κ3) is 3.54. The number of carboxylic acids is 1. The molecular formula is C11H11ClO3S. The summed E-state index contributed by atoms with van der Waals surface area (Å²) in [7, 11) is 0. The highest BCUT2D eigenvalue weighted by Gasteiger charge is 2.15. The van der Waals surface area contributed by atoms with Crippen LogP contribution < -0.4 is 0 Å². The first-order valence-electron chi connectivity index (χ1n) is 4.67. The summed E-state index contributed by atoms with van der Waals surface area (Å²) in [6.07, 6.45) is 0. The van der Waals surface area contributed by atoms with Crippen LogP contribution in [0.15, 0.2) is 24.3 Å². The highest BCUT2D eigenvalue weighted by molar-refractivity contribution is 8.14. The predicted octanol–water partition coefficient (Wildman–Crippen LogP) is 2.93. The van der Waals surface area contributed by atoms with E-state index in [-0.39, 0.29) is 10.9 Å². The van der Waals surface area contributed by atoms with E-state index in [1.165, 1.54) is 0 Å². The van der Waals surface area contributed by atoms with Gasteiger partial charge in [-0.05, 0) is 12.1 Å². The molecule has 0 radical (unpaired) electrons. The molecule has 1 rings (SSSR count). The zero-order valence-electron chi connectivity index (χ0n) is 8.64. The Hall–Kier alpha value is -1.00. The van der Waals surface area contributed by atoms with Crippen molar-refractivity contribution in [3.8, 4) is 0 Å². The lowest BCUT2D eigenvalue weighted by Gasteiger charge is -2.05. The number of carbonyl (C=O) groups excluding carboxylic acids is 1. The number of thioether (sulfide) groups is 1. The Bertz CT molecular complexity index is 406. The van der Waals surface area contributed by atoms with Crippen LogP contribution in [0, 0.1) is 5.92 Å². The lowest BCUT2D eigenvalue weighted by Crippen LogP contribution is -2.13. The third-order valence-corrected chi connectivity index (χ3v) is 3.46. The van der Waals surface area contributed by atoms with Crippen molar-refractivity contribution in [2.75, 3.05) is 5.75 Å². The van der Waals surface area contributed by atoms with Crippen LogP contribution in [0.3, 0.4) is 0 Å². The molecule has 0 bridgehead atoms. The molecule has 5 heteroatoms. The van der Waals surface area contributed by atoms with Crippen LogP contribution in [0.4, 0.5) is 0 Å². The van der Waals surface area contributed by atoms with Gasteiger partial charge in [0.25, 0.3) is 0 Å². The van der Waals surface area contributed by atoms with Crippen molar-refractivity contribution < 1.29 is 14.7 Å². The number of halogens is 1. The van der Waals surface area contributed by atoms with Gasteiger partial charge < -0.3 is 5.11 Å². The Kier molecular flexibility index (Phi) is 4.83. The van der Waals surface area contributed by atoms with Gasteiger partial charge in [0.2, 0.25) is 5.12 Å². The number of aliphatic carboxylic acids is 1. The van der Waals surface area contributed by atoms with Gasteiger partial charge in [-0.3, -0.25) is 9.59 Å². The number of carboxylic acid groups (broad SMARTS) is 1. The lowest BCUT2D eigenvalue weighted by molar-refractivity contribution is -0.140. The van der Waals surface area contributed by atoms with E-state index in [1.807, 2.05) is 0 Å². The summed E-state index contributed by atoms with van der Waals surface area (Å²) in [5.74, 6) is -1.20. The van der Waals surface area contributed by atoms with E-state index >= 15 is 0 Å². The van der Waals surface area contributed by atoms with Crippen molar-refractivity contribution in [1.29, 1.82) is 0 Å². The number of hydrogen-bond donors (Lipinski definition) is 1. The molecule has 0 fully saturated rings. The van der Waals surface area contributed by atoms with Gasteiger partial charge in [-0.2, -0.15) is 0 Å². The molecule has 0 spiro atoms. The second kappa shape index (κ2) is 5.92. The van der Waals surface area contributed by atoms with Crippen molar-refractivity contribution in [2.24, 2.45) is 5.92 Å². The van der Waals surface area contributed by atoms with Gasteiger partial charge in [0.1, 0.15) is 0 Å². The Morgan fingerprint density at radius 1 is 1.44 bits per heavy atom. The molecule has 1 unspecified atom stereocenters. The fraction of sp³-hybridized carbons (Fsp3) is 0.273. The molecule has 1 aromatic carbocycles. The molecule has 0 saturated carbocycles. The van der Waals surface area contributed by atoms with Gasteiger partial charge in [-0.25, -0.2) is 0 Å². The van der Waals surface area contributed by atoms with Gasteiger partial charge in [-0.15, -0.1) is 0 Å². The van der Waals surface area contributed by atoms with Crippen LogP contribution in [0.2, 0.25) is 5.02 Å². The van der Waals surface area contributed by atoms with E-state index in [0.717, 1.165) is 11.8 Å². The molecule has 0 aliphatic rings. The standard InChI is InChI=1S/C11H11ClO3S/c1-7(10(13)14)6-16-11(15)8-4-2-3-5-9(8)12/h2-5,7H,6H2,1H3,(H,13,14). The fourth-order valence-corrected chi connectivity index (χ4v) is 2.13. The Morgan fingerprint density at radius 2 is 2.06 bits per heavy atom. The molecule has 16 heavy (non-hydrogen) atoms. The van der Waals surface area contributed by atoms with E-state index in [4.69, 9.17) is 16.7 Å². The minimum Gasteiger partial charge on any atom is -0.481 e. The summed E-state index contributed by atoms with van der Waals surface area (Å²) in [4.78, 5) is 22.2. The zero-order valence-corrected chi connectivity index (χ0v) is 10.2. The van der Waals surface area contributed by atoms with Gasteiger partial charge in [0.15, 0.2) is 0 Å². The van der Waals surface area contributed by atoms with Crippen LogP contribution in [0.25, 0.3) is 0 Å². The summed E-state index contributed by atoms with van der Waals surface area (Å²) in [5.41, 5.74) is 0.423. The van der Waals surface area contributed by atoms with Crippen LogP contribution in [-0.4, -0.2) is 21.9 Å². The summed E-state index contributed by atoms with van der Waals surface area (Å²) < 4.78 is 0. The summed E-state index contributed by atoms with van der Waals surface area (Å²) in [6, 6.07) is 6.73. The topological polar surface area (TPSA) is 54.4 Å². The molecule has 0 aromatic heterocycles. The van der Waals surface area contributed by atoms with Gasteiger partial charge in [0.05, 0.1) is 10.9 Å². The fourth-order valence-electron chi connectivity index (χ4n) is 0.976. The molecule has 0 aliphatic heterocycles. The van der Waals surface area contributed by atoms with Crippen LogP contribution in [0.1, 0.15) is 17.3 Å². The second-order valence-corrected chi connectivity index (χ2v) is 4.72. The predicted molar refractivity (Wildman–Crippen MR) is 65.0 cm³/mol. The van der Waals surface area contributed by atoms with E-state index in [2.05, 4.69) is 0 Å². The Balaban J connectivity index is 2.60. The highest BCUT2D eigenvalue weighted by Crippen LogP contribution is 2.22. The average molecular weight is 259 g/mol. The van der Waals surface area contributed by atoms with Gasteiger partial charge in [0, 0.05) is 11.3 Å². The molecule has 0 saturated heterocycles. The SMILES string of the molecule is CC(CSC(=O)c1ccccc1Cl)C(=O)O. The van der Waals surface area contributed by atoms with E-state index < -0.39 is 11.9 Å². The van der Waals surface area contributed by atoms with E-state index in [1.54, 1.807) is 31.2 Å². The zero-order chi connectivity index (χ0) is 12.1. The van der Waals surface area contributed by atoms with Crippen LogP contribution >= 0.6 is 23.4 Å². The second-order valence-electron chi connectivity index (χ2n) is 3.32. The smallest absolute Gasteiger partial charge is 0.307 e. The number of benzene rings is 1. The maximum absolute atomic E-state index is 11.7. The molecule has 0 heterocycles. The monoisotopic (exact) mass is 258 g/mol. The first-order chi connectivity index (χ1) is 7.52. The van der Waals surface area contributed by atoms with Gasteiger partial charge in [-0.1, -0.05) is 42.4 Å². The summed E-state index contributed by atoms with van der Waals surface area (Å²) in [5, 5.41) is 8.87. The lowest BCUT2D eigenvalue weighted by atomic mass is 10.2. The molecule has 1 aromatic rings. The largest absolute Gasteiger partial charge is 0.481 e.